The van der Waals surface area contributed by atoms with E-state index < -0.39 is 17.5 Å². The van der Waals surface area contributed by atoms with E-state index in [-0.39, 0.29) is 6.42 Å². The number of carbonyl (C=O) groups is 1. The first-order valence-corrected chi connectivity index (χ1v) is 7.57. The van der Waals surface area contributed by atoms with Crippen LogP contribution in [0.4, 0.5) is 0 Å². The lowest BCUT2D eigenvalue weighted by Crippen LogP contribution is -2.21. The molecule has 0 amide bonds. The Balaban J connectivity index is 2.19. The van der Waals surface area contributed by atoms with Gasteiger partial charge in [0.25, 0.3) is 0 Å². The Bertz CT molecular complexity index is 541. The quantitative estimate of drug-likeness (QED) is 0.845. The highest BCUT2D eigenvalue weighted by Gasteiger charge is 2.28. The molecule has 6 heteroatoms. The molecule has 0 fully saturated rings. The summed E-state index contributed by atoms with van der Waals surface area (Å²) in [6.07, 6.45) is -0.423. The molecule has 1 heterocycles. The number of carboxylic acid groups (broad SMARTS) is 1. The Kier molecular flexibility index (Phi) is 4.78. The second kappa shape index (κ2) is 6.23. The minimum atomic E-state index is -0.867. The number of hydrogen-bond acceptors (Lipinski definition) is 4. The van der Waals surface area contributed by atoms with Gasteiger partial charge in [-0.2, -0.15) is 0 Å². The third kappa shape index (κ3) is 4.11. The van der Waals surface area contributed by atoms with Crippen molar-refractivity contribution in [2.45, 2.75) is 32.8 Å². The molecule has 0 saturated heterocycles. The van der Waals surface area contributed by atoms with Crippen molar-refractivity contribution in [3.05, 3.63) is 22.2 Å². The first-order chi connectivity index (χ1) is 9.78. The van der Waals surface area contributed by atoms with Crippen LogP contribution >= 0.6 is 15.9 Å². The van der Waals surface area contributed by atoms with Gasteiger partial charge in [-0.3, -0.25) is 4.79 Å². The van der Waals surface area contributed by atoms with Crippen molar-refractivity contribution < 1.29 is 24.5 Å². The molecule has 0 aliphatic carbocycles. The second-order valence-corrected chi connectivity index (χ2v) is 6.83. The van der Waals surface area contributed by atoms with Crippen molar-refractivity contribution in [3.8, 4) is 11.5 Å². The van der Waals surface area contributed by atoms with E-state index in [4.69, 9.17) is 14.6 Å². The van der Waals surface area contributed by atoms with Gasteiger partial charge in [-0.1, -0.05) is 29.8 Å². The van der Waals surface area contributed by atoms with E-state index in [1.807, 2.05) is 13.8 Å². The van der Waals surface area contributed by atoms with Gasteiger partial charge in [0.05, 0.1) is 12.5 Å². The minimum Gasteiger partial charge on any atom is -0.486 e. The molecule has 1 aromatic rings. The van der Waals surface area contributed by atoms with Crippen LogP contribution in [-0.2, 0) is 4.79 Å². The van der Waals surface area contributed by atoms with Gasteiger partial charge in [0.2, 0.25) is 0 Å². The van der Waals surface area contributed by atoms with Crippen LogP contribution in [0.5, 0.6) is 11.5 Å². The zero-order valence-electron chi connectivity index (χ0n) is 12.1. The van der Waals surface area contributed by atoms with Gasteiger partial charge in [0, 0.05) is 4.47 Å². The van der Waals surface area contributed by atoms with Crippen LogP contribution < -0.4 is 9.47 Å². The average Bonchev–Trinajstić information content (AvgIpc) is 2.35. The van der Waals surface area contributed by atoms with Crippen molar-refractivity contribution in [2.75, 3.05) is 13.2 Å². The summed E-state index contributed by atoms with van der Waals surface area (Å²) in [5.74, 6) is 0.386. The summed E-state index contributed by atoms with van der Waals surface area (Å²) >= 11 is 3.42. The number of aliphatic carboxylic acids is 1. The molecule has 1 unspecified atom stereocenters. The van der Waals surface area contributed by atoms with E-state index in [1.54, 1.807) is 12.1 Å². The summed E-state index contributed by atoms with van der Waals surface area (Å²) in [5, 5.41) is 19.3. The number of fused-ring (bicyclic) bond motifs is 1. The average molecular weight is 359 g/mol. The van der Waals surface area contributed by atoms with Crippen LogP contribution in [0.1, 0.15) is 38.4 Å². The molecule has 1 aliphatic rings. The lowest BCUT2D eigenvalue weighted by atomic mass is 9.82. The lowest BCUT2D eigenvalue weighted by Gasteiger charge is -2.27. The molecular formula is C15H19BrO5. The molecular weight excluding hydrogens is 340 g/mol. The summed E-state index contributed by atoms with van der Waals surface area (Å²) in [7, 11) is 0. The molecule has 5 nitrogen and oxygen atoms in total. The van der Waals surface area contributed by atoms with Crippen molar-refractivity contribution in [1.29, 1.82) is 0 Å². The van der Waals surface area contributed by atoms with Crippen molar-refractivity contribution in [3.63, 3.8) is 0 Å². The zero-order valence-corrected chi connectivity index (χ0v) is 13.6. The summed E-state index contributed by atoms with van der Waals surface area (Å²) in [6, 6.07) is 3.53. The Morgan fingerprint density at radius 1 is 1.33 bits per heavy atom. The number of ether oxygens (including phenoxy) is 2. The fraction of sp³-hybridized carbons (Fsp3) is 0.533. The van der Waals surface area contributed by atoms with Gasteiger partial charge in [-0.05, 0) is 29.5 Å². The first-order valence-electron chi connectivity index (χ1n) is 6.77. The number of hydrogen-bond donors (Lipinski definition) is 2. The van der Waals surface area contributed by atoms with Crippen molar-refractivity contribution >= 4 is 21.9 Å². The highest BCUT2D eigenvalue weighted by Crippen LogP contribution is 2.41. The van der Waals surface area contributed by atoms with Crippen LogP contribution in [0.25, 0.3) is 0 Å². The molecule has 2 rings (SSSR count). The number of rotatable bonds is 5. The minimum absolute atomic E-state index is 0.00618. The molecule has 0 spiro atoms. The fourth-order valence-corrected chi connectivity index (χ4v) is 3.04. The van der Waals surface area contributed by atoms with Crippen LogP contribution in [0.2, 0.25) is 0 Å². The number of aliphatic hydroxyl groups is 1. The number of halogens is 1. The van der Waals surface area contributed by atoms with Gasteiger partial charge < -0.3 is 19.7 Å². The van der Waals surface area contributed by atoms with Gasteiger partial charge in [0.1, 0.15) is 13.2 Å². The number of benzene rings is 1. The molecule has 0 radical (unpaired) electrons. The Labute approximate surface area is 132 Å². The molecule has 1 aromatic carbocycles. The maximum atomic E-state index is 10.9. The second-order valence-electron chi connectivity index (χ2n) is 5.97. The van der Waals surface area contributed by atoms with Crippen molar-refractivity contribution in [2.24, 2.45) is 5.41 Å². The lowest BCUT2D eigenvalue weighted by molar-refractivity contribution is -0.139. The first kappa shape index (κ1) is 16.1. The van der Waals surface area contributed by atoms with E-state index in [0.717, 1.165) is 4.47 Å². The fourth-order valence-electron chi connectivity index (χ4n) is 2.45. The van der Waals surface area contributed by atoms with E-state index >= 15 is 0 Å². The highest BCUT2D eigenvalue weighted by molar-refractivity contribution is 9.10. The third-order valence-electron chi connectivity index (χ3n) is 3.40. The summed E-state index contributed by atoms with van der Waals surface area (Å²) in [4.78, 5) is 10.9. The summed E-state index contributed by atoms with van der Waals surface area (Å²) in [5.41, 5.74) is 0.176. The van der Waals surface area contributed by atoms with Crippen LogP contribution in [0, 0.1) is 5.41 Å². The summed E-state index contributed by atoms with van der Waals surface area (Å²) < 4.78 is 11.7. The standard InChI is InChI=1S/C15H19BrO5/c1-15(2,8-14(18)19)7-11(17)9-5-12-13(6-10(9)16)21-4-3-20-12/h5-6,11,17H,3-4,7-8H2,1-2H3,(H,18,19). The molecule has 0 aromatic heterocycles. The van der Waals surface area contributed by atoms with Crippen molar-refractivity contribution in [1.82, 2.24) is 0 Å². The molecule has 116 valence electrons. The maximum Gasteiger partial charge on any atom is 0.303 e. The third-order valence-corrected chi connectivity index (χ3v) is 4.08. The molecule has 1 atom stereocenters. The van der Waals surface area contributed by atoms with Gasteiger partial charge >= 0.3 is 5.97 Å². The smallest absolute Gasteiger partial charge is 0.303 e. The van der Waals surface area contributed by atoms with Crippen LogP contribution in [0.15, 0.2) is 16.6 Å². The molecule has 0 saturated carbocycles. The predicted octanol–water partition coefficient (Wildman–Crippen LogP) is 3.14. The van der Waals surface area contributed by atoms with Crippen LogP contribution in [-0.4, -0.2) is 29.4 Å². The predicted molar refractivity (Wildman–Crippen MR) is 80.7 cm³/mol. The molecule has 2 N–H and O–H groups in total. The molecule has 21 heavy (non-hydrogen) atoms. The van der Waals surface area contributed by atoms with E-state index in [9.17, 15) is 9.90 Å². The van der Waals surface area contributed by atoms with Gasteiger partial charge in [-0.25, -0.2) is 0 Å². The van der Waals surface area contributed by atoms with E-state index in [1.165, 1.54) is 0 Å². The molecule has 1 aliphatic heterocycles. The number of carboxylic acids is 1. The van der Waals surface area contributed by atoms with E-state index in [2.05, 4.69) is 15.9 Å². The SMILES string of the molecule is CC(C)(CC(=O)O)CC(O)c1cc2c(cc1Br)OCCO2. The summed E-state index contributed by atoms with van der Waals surface area (Å²) in [6.45, 7) is 4.65. The monoisotopic (exact) mass is 358 g/mol. The van der Waals surface area contributed by atoms with Gasteiger partial charge in [-0.15, -0.1) is 0 Å². The Hall–Kier alpha value is -1.27. The molecule has 0 bridgehead atoms. The normalized spacial score (nSPS) is 15.6. The largest absolute Gasteiger partial charge is 0.486 e. The van der Waals surface area contributed by atoms with E-state index in [0.29, 0.717) is 36.7 Å². The van der Waals surface area contributed by atoms with Crippen LogP contribution in [0.3, 0.4) is 0 Å². The van der Waals surface area contributed by atoms with Gasteiger partial charge in [0.15, 0.2) is 11.5 Å². The Morgan fingerprint density at radius 2 is 1.90 bits per heavy atom. The topological polar surface area (TPSA) is 76.0 Å². The number of aliphatic hydroxyl groups excluding tert-OH is 1. The Morgan fingerprint density at radius 3 is 2.48 bits per heavy atom. The zero-order chi connectivity index (χ0) is 15.6. The highest BCUT2D eigenvalue weighted by atomic mass is 79.9. The maximum absolute atomic E-state index is 10.9.